The lowest BCUT2D eigenvalue weighted by atomic mass is 10.0. The maximum absolute atomic E-state index is 13.8. The van der Waals surface area contributed by atoms with Crippen LogP contribution in [0.1, 0.15) is 11.1 Å². The number of pyridine rings is 2. The van der Waals surface area contributed by atoms with Crippen molar-refractivity contribution in [3.63, 3.8) is 0 Å². The van der Waals surface area contributed by atoms with Crippen molar-refractivity contribution in [1.82, 2.24) is 14.1 Å². The summed E-state index contributed by atoms with van der Waals surface area (Å²) >= 11 is 0. The van der Waals surface area contributed by atoms with Gasteiger partial charge in [0.25, 0.3) is 11.1 Å². The fraction of sp³-hybridized carbons (Fsp3) is 0.217. The highest BCUT2D eigenvalue weighted by atomic mass is 19.4. The van der Waals surface area contributed by atoms with Crippen molar-refractivity contribution in [2.75, 3.05) is 0 Å². The van der Waals surface area contributed by atoms with Crippen LogP contribution < -0.4 is 15.9 Å². The van der Waals surface area contributed by atoms with E-state index in [-0.39, 0.29) is 28.1 Å². The Labute approximate surface area is 184 Å². The molecule has 3 aromatic heterocycles. The lowest BCUT2D eigenvalue weighted by Crippen LogP contribution is -2.27. The van der Waals surface area contributed by atoms with Gasteiger partial charge in [0.15, 0.2) is 5.75 Å². The Morgan fingerprint density at radius 1 is 1.03 bits per heavy atom. The Morgan fingerprint density at radius 2 is 1.70 bits per heavy atom. The summed E-state index contributed by atoms with van der Waals surface area (Å²) in [6, 6.07) is 5.15. The summed E-state index contributed by atoms with van der Waals surface area (Å²) < 4.78 is 60.7. The quantitative estimate of drug-likeness (QED) is 0.444. The molecule has 0 saturated carbocycles. The minimum Gasteiger partial charge on any atom is -0.455 e. The summed E-state index contributed by atoms with van der Waals surface area (Å²) in [5, 5.41) is 0.475. The van der Waals surface area contributed by atoms with Crippen molar-refractivity contribution < 1.29 is 22.3 Å². The second-order valence-electron chi connectivity index (χ2n) is 7.83. The van der Waals surface area contributed by atoms with Gasteiger partial charge in [0.2, 0.25) is 0 Å². The van der Waals surface area contributed by atoms with Crippen molar-refractivity contribution in [3.8, 4) is 22.6 Å². The highest BCUT2D eigenvalue weighted by Gasteiger charge is 2.29. The van der Waals surface area contributed by atoms with Crippen molar-refractivity contribution in [2.24, 2.45) is 7.05 Å². The van der Waals surface area contributed by atoms with Gasteiger partial charge in [-0.1, -0.05) is 0 Å². The van der Waals surface area contributed by atoms with E-state index in [2.05, 4.69) is 4.98 Å². The Hall–Kier alpha value is -3.82. The van der Waals surface area contributed by atoms with Crippen LogP contribution in [-0.4, -0.2) is 20.3 Å². The van der Waals surface area contributed by atoms with Crippen LogP contribution >= 0.6 is 0 Å². The number of aromatic amines is 1. The van der Waals surface area contributed by atoms with E-state index < -0.39 is 24.1 Å². The minimum atomic E-state index is -4.63. The van der Waals surface area contributed by atoms with E-state index in [1.807, 2.05) is 0 Å². The van der Waals surface area contributed by atoms with E-state index in [0.717, 1.165) is 12.3 Å². The highest BCUT2D eigenvalue weighted by Crippen LogP contribution is 2.38. The Kier molecular flexibility index (Phi) is 5.39. The average molecular weight is 461 g/mol. The number of alkyl halides is 3. The SMILES string of the molecule is Cc1cc(F)cc(C)c1Oc1cn(CC(F)(F)F)c(=O)cc1-c1cn(C)c(=O)c2[nH]ccc12. The number of nitrogens with one attached hydrogen (secondary N) is 1. The van der Waals surface area contributed by atoms with E-state index in [1.165, 1.54) is 29.9 Å². The van der Waals surface area contributed by atoms with E-state index in [4.69, 9.17) is 4.74 Å². The number of rotatable bonds is 4. The number of hydrogen-bond acceptors (Lipinski definition) is 3. The maximum atomic E-state index is 13.8. The first-order chi connectivity index (χ1) is 15.4. The van der Waals surface area contributed by atoms with Gasteiger partial charge in [0.05, 0.1) is 6.20 Å². The molecule has 0 spiro atoms. The number of benzene rings is 1. The third-order valence-electron chi connectivity index (χ3n) is 5.26. The second-order valence-corrected chi connectivity index (χ2v) is 7.83. The molecule has 1 aromatic carbocycles. The first-order valence-corrected chi connectivity index (χ1v) is 9.87. The fourth-order valence-corrected chi connectivity index (χ4v) is 3.81. The van der Waals surface area contributed by atoms with E-state index in [9.17, 15) is 27.2 Å². The van der Waals surface area contributed by atoms with Crippen LogP contribution in [0.4, 0.5) is 17.6 Å². The summed E-state index contributed by atoms with van der Waals surface area (Å²) in [5.74, 6) is -0.269. The highest BCUT2D eigenvalue weighted by molar-refractivity contribution is 5.95. The molecule has 172 valence electrons. The predicted octanol–water partition coefficient (Wildman–Crippen LogP) is 4.81. The molecule has 0 fully saturated rings. The molecule has 0 bridgehead atoms. The summed E-state index contributed by atoms with van der Waals surface area (Å²) in [6.07, 6.45) is -0.611. The van der Waals surface area contributed by atoms with Gasteiger partial charge >= 0.3 is 6.18 Å². The lowest BCUT2D eigenvalue weighted by molar-refractivity contribution is -0.141. The summed E-state index contributed by atoms with van der Waals surface area (Å²) in [5.41, 5.74) is 0.545. The van der Waals surface area contributed by atoms with E-state index in [1.54, 1.807) is 26.1 Å². The van der Waals surface area contributed by atoms with Gasteiger partial charge in [-0.2, -0.15) is 13.2 Å². The zero-order chi connectivity index (χ0) is 24.1. The molecule has 33 heavy (non-hydrogen) atoms. The third-order valence-corrected chi connectivity index (χ3v) is 5.26. The standard InChI is InChI=1S/C23H19F4N3O3/c1-12-6-14(24)7-13(2)21(12)33-18-10-30(11-23(25,26)27)19(31)8-16(18)17-9-29(3)22(32)20-15(17)4-5-28-20/h4-10,28H,11H2,1-3H3. The number of aryl methyl sites for hydroxylation is 3. The molecule has 4 aromatic rings. The molecule has 4 rings (SSSR count). The van der Waals surface area contributed by atoms with Gasteiger partial charge in [0.1, 0.15) is 23.6 Å². The molecule has 0 saturated heterocycles. The molecule has 0 amide bonds. The molecular formula is C23H19F4N3O3. The molecule has 6 nitrogen and oxygen atoms in total. The molecule has 10 heteroatoms. The molecule has 0 aliphatic heterocycles. The van der Waals surface area contributed by atoms with Crippen molar-refractivity contribution >= 4 is 10.9 Å². The average Bonchev–Trinajstić information content (AvgIpc) is 3.19. The molecule has 0 unspecified atom stereocenters. The van der Waals surface area contributed by atoms with Crippen molar-refractivity contribution in [3.05, 3.63) is 80.5 Å². The summed E-state index contributed by atoms with van der Waals surface area (Å²) in [4.78, 5) is 27.8. The number of ether oxygens (including phenoxy) is 1. The molecule has 0 aliphatic rings. The van der Waals surface area contributed by atoms with Gasteiger partial charge in [-0.15, -0.1) is 0 Å². The number of nitrogens with zero attached hydrogens (tertiary/aromatic N) is 2. The van der Waals surface area contributed by atoms with Crippen LogP contribution in [0.5, 0.6) is 11.5 Å². The summed E-state index contributed by atoms with van der Waals surface area (Å²) in [7, 11) is 1.52. The first kappa shape index (κ1) is 22.4. The van der Waals surface area contributed by atoms with E-state index >= 15 is 0 Å². The topological polar surface area (TPSA) is 69.0 Å². The smallest absolute Gasteiger partial charge is 0.406 e. The minimum absolute atomic E-state index is 0.0437. The largest absolute Gasteiger partial charge is 0.455 e. The normalized spacial score (nSPS) is 11.8. The van der Waals surface area contributed by atoms with Gasteiger partial charge in [-0.05, 0) is 43.2 Å². The number of hydrogen-bond donors (Lipinski definition) is 1. The van der Waals surface area contributed by atoms with Gasteiger partial charge < -0.3 is 18.9 Å². The molecule has 0 atom stereocenters. The number of fused-ring (bicyclic) bond motifs is 1. The van der Waals surface area contributed by atoms with Gasteiger partial charge in [-0.3, -0.25) is 9.59 Å². The molecule has 3 heterocycles. The molecule has 1 N–H and O–H groups in total. The van der Waals surface area contributed by atoms with Gasteiger partial charge in [0, 0.05) is 42.0 Å². The number of H-pyrrole nitrogens is 1. The Morgan fingerprint density at radius 3 is 2.33 bits per heavy atom. The first-order valence-electron chi connectivity index (χ1n) is 9.87. The number of halogens is 4. The second kappa shape index (κ2) is 7.95. The summed E-state index contributed by atoms with van der Waals surface area (Å²) in [6.45, 7) is 1.71. The fourth-order valence-electron chi connectivity index (χ4n) is 3.81. The van der Waals surface area contributed by atoms with Crippen molar-refractivity contribution in [1.29, 1.82) is 0 Å². The zero-order valence-electron chi connectivity index (χ0n) is 17.9. The Balaban J connectivity index is 1.99. The van der Waals surface area contributed by atoms with Crippen LogP contribution in [0.15, 0.2) is 52.4 Å². The van der Waals surface area contributed by atoms with Crippen LogP contribution in [0, 0.1) is 19.7 Å². The van der Waals surface area contributed by atoms with Crippen LogP contribution in [-0.2, 0) is 13.6 Å². The Bertz CT molecular complexity index is 1470. The van der Waals surface area contributed by atoms with Crippen molar-refractivity contribution in [2.45, 2.75) is 26.6 Å². The molecule has 0 aliphatic carbocycles. The number of aromatic nitrogens is 3. The third kappa shape index (κ3) is 4.28. The predicted molar refractivity (Wildman–Crippen MR) is 115 cm³/mol. The maximum Gasteiger partial charge on any atom is 0.406 e. The van der Waals surface area contributed by atoms with Gasteiger partial charge in [-0.25, -0.2) is 4.39 Å². The molecular weight excluding hydrogens is 442 g/mol. The zero-order valence-corrected chi connectivity index (χ0v) is 17.9. The van der Waals surface area contributed by atoms with E-state index in [0.29, 0.717) is 26.6 Å². The lowest BCUT2D eigenvalue weighted by Gasteiger charge is -2.18. The molecule has 0 radical (unpaired) electrons. The van der Waals surface area contributed by atoms with Crippen LogP contribution in [0.3, 0.4) is 0 Å². The van der Waals surface area contributed by atoms with Crippen LogP contribution in [0.2, 0.25) is 0 Å². The van der Waals surface area contributed by atoms with Crippen LogP contribution in [0.25, 0.3) is 22.0 Å². The monoisotopic (exact) mass is 461 g/mol.